The fourth-order valence-corrected chi connectivity index (χ4v) is 5.97. The lowest BCUT2D eigenvalue weighted by molar-refractivity contribution is -0.131. The lowest BCUT2D eigenvalue weighted by atomic mass is 10.2. The number of rotatable bonds is 20. The van der Waals surface area contributed by atoms with E-state index in [4.69, 9.17) is 27.9 Å². The van der Waals surface area contributed by atoms with Crippen molar-refractivity contribution in [2.75, 3.05) is 39.6 Å². The van der Waals surface area contributed by atoms with Crippen molar-refractivity contribution in [2.24, 2.45) is 0 Å². The molecular weight excluding hydrogens is 489 g/mol. The van der Waals surface area contributed by atoms with Crippen LogP contribution in [0.5, 0.6) is 5.75 Å². The number of ether oxygens (including phenoxy) is 2. The highest BCUT2D eigenvalue weighted by molar-refractivity contribution is 6.60. The molecule has 36 heavy (non-hydrogen) atoms. The van der Waals surface area contributed by atoms with Gasteiger partial charge in [-0.3, -0.25) is 0 Å². The van der Waals surface area contributed by atoms with E-state index >= 15 is 0 Å². The van der Waals surface area contributed by atoms with E-state index in [0.717, 1.165) is 18.9 Å². The van der Waals surface area contributed by atoms with Crippen LogP contribution in [-0.4, -0.2) is 65.6 Å². The number of benzene rings is 1. The minimum atomic E-state index is -2.70. The number of amides is 1. The van der Waals surface area contributed by atoms with E-state index in [-0.39, 0.29) is 5.75 Å². The third-order valence-corrected chi connectivity index (χ3v) is 8.08. The van der Waals surface area contributed by atoms with Crippen LogP contribution in [0, 0.1) is 5.82 Å². The normalized spacial score (nSPS) is 11.6. The average molecular weight is 530 g/mol. The summed E-state index contributed by atoms with van der Waals surface area (Å²) in [5.41, 5.74) is 0.545. The van der Waals surface area contributed by atoms with Crippen LogP contribution in [0.15, 0.2) is 24.3 Å². The Hall–Kier alpha value is -2.47. The van der Waals surface area contributed by atoms with E-state index in [1.54, 1.807) is 0 Å². The minimum absolute atomic E-state index is 0.0891. The summed E-state index contributed by atoms with van der Waals surface area (Å²) >= 11 is 0. The summed E-state index contributed by atoms with van der Waals surface area (Å²) in [7, 11) is -2.70. The molecule has 0 heterocycles. The van der Waals surface area contributed by atoms with Crippen molar-refractivity contribution in [3.05, 3.63) is 35.7 Å². The molecule has 0 saturated carbocycles. The summed E-state index contributed by atoms with van der Waals surface area (Å²) in [6, 6.07) is 4.82. The van der Waals surface area contributed by atoms with Gasteiger partial charge in [-0.25, -0.2) is 14.0 Å². The van der Waals surface area contributed by atoms with Gasteiger partial charge in [0, 0.05) is 38.5 Å². The Balaban J connectivity index is 2.16. The molecule has 0 unspecified atom stereocenters. The smallest absolute Gasteiger partial charge is 0.490 e. The van der Waals surface area contributed by atoms with Crippen LogP contribution >= 0.6 is 0 Å². The van der Waals surface area contributed by atoms with Crippen LogP contribution in [0.3, 0.4) is 0 Å². The molecule has 0 aliphatic heterocycles. The maximum Gasteiger partial charge on any atom is 0.500 e. The van der Waals surface area contributed by atoms with Crippen molar-refractivity contribution >= 4 is 26.9 Å². The van der Waals surface area contributed by atoms with Gasteiger partial charge in [0.05, 0.1) is 13.2 Å². The van der Waals surface area contributed by atoms with E-state index in [2.05, 4.69) is 5.32 Å². The van der Waals surface area contributed by atoms with E-state index in [1.165, 1.54) is 24.3 Å². The zero-order chi connectivity index (χ0) is 26.7. The lowest BCUT2D eigenvalue weighted by Gasteiger charge is -2.28. The molecule has 11 heteroatoms. The third-order valence-electron chi connectivity index (χ3n) is 4.92. The number of nitrogens with one attached hydrogen (secondary N) is 1. The van der Waals surface area contributed by atoms with Gasteiger partial charge >= 0.3 is 20.9 Å². The predicted molar refractivity (Wildman–Crippen MR) is 136 cm³/mol. The third kappa shape index (κ3) is 13.6. The SMILES string of the molecule is CCO[Si](CCCNC(=O)OCCCCCCOc1cc(C=CC(=O)O)ccc1F)(OCC)OCC. The molecule has 0 fully saturated rings. The summed E-state index contributed by atoms with van der Waals surface area (Å²) in [5.74, 6) is -1.48. The van der Waals surface area contributed by atoms with E-state index in [1.807, 2.05) is 20.8 Å². The Labute approximate surface area is 214 Å². The highest BCUT2D eigenvalue weighted by Gasteiger charge is 2.39. The fourth-order valence-electron chi connectivity index (χ4n) is 3.35. The fraction of sp³-hybridized carbons (Fsp3) is 0.600. The van der Waals surface area contributed by atoms with Crippen molar-refractivity contribution in [3.8, 4) is 5.75 Å². The summed E-state index contributed by atoms with van der Waals surface area (Å²) in [6.07, 6.45) is 5.68. The molecule has 0 saturated heterocycles. The van der Waals surface area contributed by atoms with Crippen molar-refractivity contribution in [2.45, 2.75) is 58.9 Å². The molecule has 1 rings (SSSR count). The van der Waals surface area contributed by atoms with Gasteiger partial charge in [0.25, 0.3) is 0 Å². The molecule has 0 aromatic heterocycles. The number of carboxylic acids is 1. The zero-order valence-electron chi connectivity index (χ0n) is 21.6. The molecule has 0 aliphatic rings. The van der Waals surface area contributed by atoms with Crippen LogP contribution in [0.2, 0.25) is 6.04 Å². The number of hydrogen-bond donors (Lipinski definition) is 2. The minimum Gasteiger partial charge on any atom is -0.490 e. The quantitative estimate of drug-likeness (QED) is 0.137. The largest absolute Gasteiger partial charge is 0.500 e. The molecule has 0 spiro atoms. The molecule has 1 amide bonds. The highest BCUT2D eigenvalue weighted by Crippen LogP contribution is 2.20. The van der Waals surface area contributed by atoms with Gasteiger partial charge in [0.2, 0.25) is 0 Å². The first-order chi connectivity index (χ1) is 17.4. The van der Waals surface area contributed by atoms with E-state index in [0.29, 0.717) is 70.4 Å². The average Bonchev–Trinajstić information content (AvgIpc) is 2.84. The molecule has 0 aliphatic carbocycles. The summed E-state index contributed by atoms with van der Waals surface area (Å²) in [4.78, 5) is 22.5. The van der Waals surface area contributed by atoms with Gasteiger partial charge in [-0.05, 0) is 76.6 Å². The molecule has 0 radical (unpaired) electrons. The van der Waals surface area contributed by atoms with Crippen LogP contribution < -0.4 is 10.1 Å². The molecule has 9 nitrogen and oxygen atoms in total. The van der Waals surface area contributed by atoms with E-state index < -0.39 is 26.7 Å². The second-order valence-corrected chi connectivity index (χ2v) is 10.5. The van der Waals surface area contributed by atoms with Crippen molar-refractivity contribution in [1.82, 2.24) is 5.32 Å². The Morgan fingerprint density at radius 3 is 2.22 bits per heavy atom. The summed E-state index contributed by atoms with van der Waals surface area (Å²) in [5, 5.41) is 11.4. The molecule has 0 bridgehead atoms. The molecule has 2 N–H and O–H groups in total. The molecule has 0 atom stereocenters. The Morgan fingerprint density at radius 1 is 0.972 bits per heavy atom. The predicted octanol–water partition coefficient (Wildman–Crippen LogP) is 5.03. The molecular formula is C25H40FNO8Si. The van der Waals surface area contributed by atoms with Gasteiger partial charge in [-0.2, -0.15) is 0 Å². The van der Waals surface area contributed by atoms with Gasteiger partial charge in [0.15, 0.2) is 11.6 Å². The first-order valence-corrected chi connectivity index (χ1v) is 14.4. The Bertz CT molecular complexity index is 791. The zero-order valence-corrected chi connectivity index (χ0v) is 22.6. The Morgan fingerprint density at radius 2 is 1.61 bits per heavy atom. The second kappa shape index (κ2) is 18.7. The van der Waals surface area contributed by atoms with Gasteiger partial charge in [0.1, 0.15) is 0 Å². The summed E-state index contributed by atoms with van der Waals surface area (Å²) in [6.45, 7) is 8.37. The van der Waals surface area contributed by atoms with Crippen molar-refractivity contribution in [1.29, 1.82) is 0 Å². The second-order valence-electron chi connectivity index (χ2n) is 7.77. The first-order valence-electron chi connectivity index (χ1n) is 12.5. The number of unbranched alkanes of at least 4 members (excludes halogenated alkanes) is 3. The van der Waals surface area contributed by atoms with Crippen LogP contribution in [0.25, 0.3) is 6.08 Å². The number of alkyl carbamates (subject to hydrolysis) is 1. The monoisotopic (exact) mass is 529 g/mol. The lowest BCUT2D eigenvalue weighted by Crippen LogP contribution is -2.46. The number of aliphatic carboxylic acids is 1. The van der Waals surface area contributed by atoms with Gasteiger partial charge in [-0.1, -0.05) is 6.07 Å². The highest BCUT2D eigenvalue weighted by atomic mass is 28.4. The van der Waals surface area contributed by atoms with Gasteiger partial charge < -0.3 is 33.2 Å². The topological polar surface area (TPSA) is 113 Å². The number of halogens is 1. The first kappa shape index (κ1) is 31.6. The maximum atomic E-state index is 13.9. The standard InChI is InChI=1S/C25H40FNO8Si/c1-4-33-36(34-5-2,35-6-3)19-11-16-27-25(30)32-18-10-8-7-9-17-31-23-20-21(12-14-22(23)26)13-15-24(28)29/h12-15,20H,4-11,16-19H2,1-3H3,(H,27,30)(H,28,29). The van der Waals surface area contributed by atoms with Crippen molar-refractivity contribution in [3.63, 3.8) is 0 Å². The number of hydrogen-bond acceptors (Lipinski definition) is 7. The van der Waals surface area contributed by atoms with Crippen LogP contribution in [0.1, 0.15) is 58.4 Å². The van der Waals surface area contributed by atoms with Gasteiger partial charge in [-0.15, -0.1) is 0 Å². The number of carbonyl (C=O) groups excluding carboxylic acids is 1. The van der Waals surface area contributed by atoms with Crippen LogP contribution in [-0.2, 0) is 22.8 Å². The van der Waals surface area contributed by atoms with E-state index in [9.17, 15) is 14.0 Å². The molecule has 204 valence electrons. The van der Waals surface area contributed by atoms with Crippen LogP contribution in [0.4, 0.5) is 9.18 Å². The van der Waals surface area contributed by atoms with Crippen molar-refractivity contribution < 1.29 is 41.8 Å². The maximum absolute atomic E-state index is 13.9. The molecule has 1 aromatic carbocycles. The number of carboxylic acid groups (broad SMARTS) is 1. The number of carbonyl (C=O) groups is 2. The summed E-state index contributed by atoms with van der Waals surface area (Å²) < 4.78 is 41.9. The molecule has 1 aromatic rings. The Kier molecular flexibility index (Phi) is 16.4.